The lowest BCUT2D eigenvalue weighted by Crippen LogP contribution is -2.46. The van der Waals surface area contributed by atoms with Crippen LogP contribution in [0.15, 0.2) is 131 Å². The Labute approximate surface area is 331 Å². The number of hydrogen-bond donors (Lipinski definition) is 3. The topological polar surface area (TPSA) is 139 Å². The lowest BCUT2D eigenvalue weighted by molar-refractivity contribution is -0.384. The predicted molar refractivity (Wildman–Crippen MR) is 223 cm³/mol. The highest BCUT2D eigenvalue weighted by atomic mass is 35.5. The highest BCUT2D eigenvalue weighted by Gasteiger charge is 2.27. The molecule has 1 fully saturated rings. The molecular formula is C41H37ClN6O5S2. The van der Waals surface area contributed by atoms with E-state index in [1.807, 2.05) is 110 Å². The monoisotopic (exact) mass is 792 g/mol. The maximum Gasteiger partial charge on any atom is 0.338 e. The molecule has 5 aromatic carbocycles. The van der Waals surface area contributed by atoms with Crippen LogP contribution in [0.3, 0.4) is 0 Å². The van der Waals surface area contributed by atoms with Gasteiger partial charge in [0.05, 0.1) is 27.9 Å². The maximum absolute atomic E-state index is 13.2. The van der Waals surface area contributed by atoms with Crippen molar-refractivity contribution in [3.63, 3.8) is 0 Å². The van der Waals surface area contributed by atoms with E-state index in [1.54, 1.807) is 12.1 Å². The van der Waals surface area contributed by atoms with Gasteiger partial charge in [0.15, 0.2) is 4.90 Å². The molecule has 0 bridgehead atoms. The van der Waals surface area contributed by atoms with Crippen molar-refractivity contribution in [3.05, 3.63) is 148 Å². The average molecular weight is 793 g/mol. The maximum atomic E-state index is 13.2. The van der Waals surface area contributed by atoms with Gasteiger partial charge in [-0.25, -0.2) is 9.52 Å². The Hall–Kier alpha value is -5.60. The van der Waals surface area contributed by atoms with E-state index in [4.69, 9.17) is 11.6 Å². The molecule has 0 aliphatic carbocycles. The predicted octanol–water partition coefficient (Wildman–Crippen LogP) is 9.51. The summed E-state index contributed by atoms with van der Waals surface area (Å²) >= 11 is 5.71. The molecule has 1 atom stereocenters. The first-order chi connectivity index (χ1) is 26.6. The van der Waals surface area contributed by atoms with Crippen LogP contribution < -0.4 is 19.2 Å². The number of halogens is 1. The normalized spacial score (nSPS) is 13.4. The summed E-state index contributed by atoms with van der Waals surface area (Å²) in [6, 6.07) is 37.1. The number of nitro benzene ring substituents is 1. The fraction of sp³-hybridized carbons (Fsp3) is 0.146. The van der Waals surface area contributed by atoms with E-state index in [-0.39, 0.29) is 16.1 Å². The number of carboxylic acid groups (broad SMARTS) is 1. The molecule has 1 aliphatic heterocycles. The fourth-order valence-electron chi connectivity index (χ4n) is 6.74. The van der Waals surface area contributed by atoms with Crippen molar-refractivity contribution < 1.29 is 19.4 Å². The Morgan fingerprint density at radius 1 is 0.836 bits per heavy atom. The number of hydrogen-bond acceptors (Lipinski definition) is 9. The minimum atomic E-state index is -1.73. The zero-order valence-electron chi connectivity index (χ0n) is 29.9. The Morgan fingerprint density at radius 2 is 1.51 bits per heavy atom. The fourth-order valence-corrected chi connectivity index (χ4v) is 8.44. The van der Waals surface area contributed by atoms with Gasteiger partial charge in [0, 0.05) is 65.8 Å². The van der Waals surface area contributed by atoms with E-state index in [0.717, 1.165) is 59.3 Å². The summed E-state index contributed by atoms with van der Waals surface area (Å²) in [5.74, 6) is -0.973. The van der Waals surface area contributed by atoms with Crippen LogP contribution in [0.25, 0.3) is 22.4 Å². The van der Waals surface area contributed by atoms with Crippen molar-refractivity contribution >= 4 is 69.3 Å². The molecule has 280 valence electrons. The SMILES string of the molecule is Cc1c(C(=O)O)c(-c2cccc(N3CCN(c4ccc(N[S+]([O-])c5ccc(NSc6ccccc6)c([N+](=O)[O-])c5)cc4)CC3)c2)c(-c2ccc(Cl)cc2)n1C. The van der Waals surface area contributed by atoms with Crippen molar-refractivity contribution in [3.8, 4) is 22.4 Å². The second kappa shape index (κ2) is 16.4. The lowest BCUT2D eigenvalue weighted by Gasteiger charge is -2.37. The van der Waals surface area contributed by atoms with E-state index in [0.29, 0.717) is 27.7 Å². The summed E-state index contributed by atoms with van der Waals surface area (Å²) < 4.78 is 21.1. The van der Waals surface area contributed by atoms with Gasteiger partial charge in [-0.1, -0.05) is 54.1 Å². The summed E-state index contributed by atoms with van der Waals surface area (Å²) in [4.78, 5) is 29.7. The van der Waals surface area contributed by atoms with Crippen molar-refractivity contribution in [2.24, 2.45) is 7.05 Å². The molecule has 1 aliphatic rings. The number of nitrogens with one attached hydrogen (secondary N) is 2. The smallest absolute Gasteiger partial charge is 0.338 e. The number of aromatic nitrogens is 1. The van der Waals surface area contributed by atoms with Crippen molar-refractivity contribution in [1.29, 1.82) is 0 Å². The summed E-state index contributed by atoms with van der Waals surface area (Å²) in [7, 11) is 1.89. The van der Waals surface area contributed by atoms with Gasteiger partial charge in [0.25, 0.3) is 5.69 Å². The molecule has 55 heavy (non-hydrogen) atoms. The molecule has 1 aromatic heterocycles. The largest absolute Gasteiger partial charge is 0.588 e. The van der Waals surface area contributed by atoms with Gasteiger partial charge in [0.1, 0.15) is 17.0 Å². The molecule has 2 heterocycles. The van der Waals surface area contributed by atoms with Crippen LogP contribution >= 0.6 is 23.5 Å². The minimum Gasteiger partial charge on any atom is -0.588 e. The van der Waals surface area contributed by atoms with Crippen molar-refractivity contribution in [2.45, 2.75) is 16.7 Å². The summed E-state index contributed by atoms with van der Waals surface area (Å²) in [6.45, 7) is 4.86. The molecule has 0 spiro atoms. The number of benzene rings is 5. The number of carbonyl (C=O) groups is 1. The van der Waals surface area contributed by atoms with Gasteiger partial charge in [-0.05, 0) is 103 Å². The summed E-state index contributed by atoms with van der Waals surface area (Å²) in [5, 5.41) is 22.8. The van der Waals surface area contributed by atoms with Gasteiger partial charge in [-0.2, -0.15) is 0 Å². The van der Waals surface area contributed by atoms with Crippen molar-refractivity contribution in [1.82, 2.24) is 4.57 Å². The van der Waals surface area contributed by atoms with E-state index < -0.39 is 22.3 Å². The van der Waals surface area contributed by atoms with Crippen molar-refractivity contribution in [2.75, 3.05) is 45.4 Å². The zero-order valence-corrected chi connectivity index (χ0v) is 32.3. The summed E-state index contributed by atoms with van der Waals surface area (Å²) in [6.07, 6.45) is 0. The minimum absolute atomic E-state index is 0.167. The van der Waals surface area contributed by atoms with Crippen LogP contribution in [0.4, 0.5) is 28.4 Å². The van der Waals surface area contributed by atoms with Crippen LogP contribution in [-0.4, -0.2) is 51.3 Å². The number of anilines is 4. The second-order valence-corrected chi connectivity index (χ2v) is 15.5. The number of aromatic carboxylic acids is 1. The molecule has 0 saturated carbocycles. The molecule has 0 amide bonds. The molecule has 11 nitrogen and oxygen atoms in total. The molecule has 14 heteroatoms. The third-order valence-corrected chi connectivity index (χ3v) is 11.8. The number of rotatable bonds is 12. The van der Waals surface area contributed by atoms with E-state index in [1.165, 1.54) is 18.0 Å². The Balaban J connectivity index is 1.01. The highest BCUT2D eigenvalue weighted by Crippen LogP contribution is 2.40. The number of nitro groups is 1. The Morgan fingerprint density at radius 3 is 2.16 bits per heavy atom. The van der Waals surface area contributed by atoms with Gasteiger partial charge in [0.2, 0.25) is 0 Å². The molecule has 1 saturated heterocycles. The average Bonchev–Trinajstić information content (AvgIpc) is 3.47. The molecular weight excluding hydrogens is 756 g/mol. The molecule has 6 aromatic rings. The number of nitrogens with zero attached hydrogens (tertiary/aromatic N) is 4. The van der Waals surface area contributed by atoms with E-state index in [9.17, 15) is 24.6 Å². The Bertz CT molecular complexity index is 2330. The van der Waals surface area contributed by atoms with Gasteiger partial charge in [-0.15, -0.1) is 0 Å². The van der Waals surface area contributed by atoms with Gasteiger partial charge in [-0.3, -0.25) is 10.1 Å². The highest BCUT2D eigenvalue weighted by molar-refractivity contribution is 8.00. The standard InChI is InChI=1S/C41H37ClN6O5S2/c1-27-38(41(49)50)39(40(45(27)2)28-11-13-30(42)14-12-28)29-7-6-8-33(25-29)47-23-21-46(22-24-47)32-17-15-31(16-18-32)44-55(53)35-19-20-36(37(26-35)48(51)52)43-54-34-9-4-3-5-10-34/h3-20,25-26,43-44H,21-24H2,1-2H3,(H,49,50). The van der Waals surface area contributed by atoms with E-state index >= 15 is 0 Å². The van der Waals surface area contributed by atoms with Crippen LogP contribution in [0.1, 0.15) is 16.1 Å². The third-order valence-electron chi connectivity index (χ3n) is 9.64. The van der Waals surface area contributed by atoms with Crippen LogP contribution in [0.2, 0.25) is 5.02 Å². The van der Waals surface area contributed by atoms with E-state index in [2.05, 4.69) is 31.4 Å². The molecule has 0 radical (unpaired) electrons. The second-order valence-electron chi connectivity index (χ2n) is 13.0. The summed E-state index contributed by atoms with van der Waals surface area (Å²) in [5.41, 5.74) is 6.96. The number of piperazine rings is 1. The molecule has 1 unspecified atom stereocenters. The first kappa shape index (κ1) is 37.7. The molecule has 3 N–H and O–H groups in total. The lowest BCUT2D eigenvalue weighted by atomic mass is 9.96. The third kappa shape index (κ3) is 8.25. The first-order valence-electron chi connectivity index (χ1n) is 17.4. The van der Waals surface area contributed by atoms with Gasteiger partial charge < -0.3 is 28.7 Å². The quantitative estimate of drug-likeness (QED) is 0.0475. The van der Waals surface area contributed by atoms with Crippen LogP contribution in [-0.2, 0) is 18.4 Å². The Kier molecular flexibility index (Phi) is 11.3. The first-order valence-corrected chi connectivity index (χ1v) is 19.8. The molecule has 7 rings (SSSR count). The zero-order chi connectivity index (χ0) is 38.6. The van der Waals surface area contributed by atoms with Gasteiger partial charge >= 0.3 is 5.97 Å². The van der Waals surface area contributed by atoms with Crippen LogP contribution in [0, 0.1) is 17.0 Å². The van der Waals surface area contributed by atoms with Crippen LogP contribution in [0.5, 0.6) is 0 Å². The number of carboxylic acids is 1.